The third kappa shape index (κ3) is 2.78. The van der Waals surface area contributed by atoms with E-state index in [1.807, 2.05) is 0 Å². The zero-order chi connectivity index (χ0) is 8.81. The number of pyridine rings is 1. The van der Waals surface area contributed by atoms with Gasteiger partial charge >= 0.3 is 0 Å². The molecular formula is C9H10FNO. The summed E-state index contributed by atoms with van der Waals surface area (Å²) >= 11 is 0. The molecule has 0 N–H and O–H groups in total. The molecule has 2 nitrogen and oxygen atoms in total. The molecule has 0 aromatic carbocycles. The molecule has 1 aromatic heterocycles. The first-order valence-corrected chi connectivity index (χ1v) is 3.86. The van der Waals surface area contributed by atoms with Crippen LogP contribution in [-0.2, 0) is 11.2 Å². The van der Waals surface area contributed by atoms with Crippen LogP contribution < -0.4 is 0 Å². The number of aryl methyl sites for hydroxylation is 1. The molecule has 0 unspecified atom stereocenters. The van der Waals surface area contributed by atoms with Crippen molar-refractivity contribution in [1.82, 2.24) is 4.98 Å². The van der Waals surface area contributed by atoms with Gasteiger partial charge in [0, 0.05) is 12.6 Å². The highest BCUT2D eigenvalue weighted by Gasteiger charge is 1.95. The summed E-state index contributed by atoms with van der Waals surface area (Å²) in [7, 11) is 0. The zero-order valence-corrected chi connectivity index (χ0v) is 6.66. The molecule has 0 aliphatic carbocycles. The Morgan fingerprint density at radius 1 is 1.50 bits per heavy atom. The number of hydrogen-bond acceptors (Lipinski definition) is 2. The third-order valence-corrected chi connectivity index (χ3v) is 1.55. The summed E-state index contributed by atoms with van der Waals surface area (Å²) in [6, 6.07) is 1.44. The Balaban J connectivity index is 2.46. The predicted octanol–water partition coefficient (Wildman–Crippen LogP) is 1.74. The molecule has 0 radical (unpaired) electrons. The molecule has 12 heavy (non-hydrogen) atoms. The average Bonchev–Trinajstić information content (AvgIpc) is 2.05. The van der Waals surface area contributed by atoms with Gasteiger partial charge in [0.15, 0.2) is 0 Å². The monoisotopic (exact) mass is 167 g/mol. The Hall–Kier alpha value is -1.25. The maximum absolute atomic E-state index is 12.5. The molecule has 0 fully saturated rings. The van der Waals surface area contributed by atoms with E-state index in [4.69, 9.17) is 0 Å². The molecule has 0 bridgehead atoms. The summed E-state index contributed by atoms with van der Waals surface area (Å²) in [6.45, 7) is 0. The molecule has 0 aliphatic rings. The number of rotatable bonds is 4. The molecule has 1 heterocycles. The van der Waals surface area contributed by atoms with Crippen LogP contribution in [0.15, 0.2) is 18.5 Å². The highest BCUT2D eigenvalue weighted by molar-refractivity contribution is 5.49. The van der Waals surface area contributed by atoms with Gasteiger partial charge in [-0.1, -0.05) is 0 Å². The van der Waals surface area contributed by atoms with Crippen LogP contribution in [0.1, 0.15) is 18.4 Å². The summed E-state index contributed by atoms with van der Waals surface area (Å²) in [5.74, 6) is -0.321. The van der Waals surface area contributed by atoms with Gasteiger partial charge in [-0.15, -0.1) is 0 Å². The van der Waals surface area contributed by atoms with Crippen molar-refractivity contribution >= 4 is 6.29 Å². The smallest absolute Gasteiger partial charge is 0.141 e. The average molecular weight is 167 g/mol. The molecule has 1 rings (SSSR count). The topological polar surface area (TPSA) is 30.0 Å². The van der Waals surface area contributed by atoms with Crippen LogP contribution in [0.3, 0.4) is 0 Å². The van der Waals surface area contributed by atoms with E-state index in [0.29, 0.717) is 12.8 Å². The lowest BCUT2D eigenvalue weighted by molar-refractivity contribution is -0.107. The van der Waals surface area contributed by atoms with E-state index < -0.39 is 0 Å². The van der Waals surface area contributed by atoms with Crippen LogP contribution in [0.2, 0.25) is 0 Å². The first-order valence-electron chi connectivity index (χ1n) is 3.86. The second-order valence-electron chi connectivity index (χ2n) is 2.57. The second kappa shape index (κ2) is 4.59. The molecule has 0 aliphatic heterocycles. The van der Waals surface area contributed by atoms with Gasteiger partial charge in [0.25, 0.3) is 0 Å². The Morgan fingerprint density at radius 3 is 3.00 bits per heavy atom. The summed E-state index contributed by atoms with van der Waals surface area (Å²) in [4.78, 5) is 13.7. The number of halogens is 1. The minimum atomic E-state index is -0.321. The van der Waals surface area contributed by atoms with Crippen molar-refractivity contribution in [3.05, 3.63) is 29.8 Å². The Bertz CT molecular complexity index is 262. The fourth-order valence-corrected chi connectivity index (χ4v) is 0.982. The van der Waals surface area contributed by atoms with Crippen molar-refractivity contribution in [2.75, 3.05) is 0 Å². The molecule has 0 atom stereocenters. The number of hydrogen-bond donors (Lipinski definition) is 0. The largest absolute Gasteiger partial charge is 0.303 e. The molecule has 64 valence electrons. The van der Waals surface area contributed by atoms with Crippen molar-refractivity contribution in [3.63, 3.8) is 0 Å². The van der Waals surface area contributed by atoms with Gasteiger partial charge in [-0.3, -0.25) is 4.98 Å². The number of unbranched alkanes of at least 4 members (excludes halogenated alkanes) is 1. The Labute approximate surface area is 70.4 Å². The summed E-state index contributed by atoms with van der Waals surface area (Å²) in [5, 5.41) is 0. The number of carbonyl (C=O) groups is 1. The maximum Gasteiger partial charge on any atom is 0.141 e. The summed E-state index contributed by atoms with van der Waals surface area (Å²) < 4.78 is 12.5. The number of aromatic nitrogens is 1. The fraction of sp³-hybridized carbons (Fsp3) is 0.333. The van der Waals surface area contributed by atoms with Crippen molar-refractivity contribution in [1.29, 1.82) is 0 Å². The standard InChI is InChI=1S/C9H10FNO/c10-9-5-8(6-11-7-9)3-1-2-4-12/h4-7H,1-3H2. The lowest BCUT2D eigenvalue weighted by Crippen LogP contribution is -1.89. The van der Waals surface area contributed by atoms with Gasteiger partial charge in [-0.05, 0) is 24.5 Å². The van der Waals surface area contributed by atoms with E-state index >= 15 is 0 Å². The van der Waals surface area contributed by atoms with Gasteiger partial charge in [-0.25, -0.2) is 4.39 Å². The predicted molar refractivity (Wildman–Crippen MR) is 43.2 cm³/mol. The molecule has 0 saturated carbocycles. The van der Waals surface area contributed by atoms with E-state index in [9.17, 15) is 9.18 Å². The number of aldehydes is 1. The highest BCUT2D eigenvalue weighted by Crippen LogP contribution is 2.04. The fourth-order valence-electron chi connectivity index (χ4n) is 0.982. The van der Waals surface area contributed by atoms with E-state index in [0.717, 1.165) is 18.3 Å². The van der Waals surface area contributed by atoms with Gasteiger partial charge in [0.05, 0.1) is 6.20 Å². The number of nitrogens with zero attached hydrogens (tertiary/aromatic N) is 1. The quantitative estimate of drug-likeness (QED) is 0.505. The molecular weight excluding hydrogens is 157 g/mol. The highest BCUT2D eigenvalue weighted by atomic mass is 19.1. The summed E-state index contributed by atoms with van der Waals surface area (Å²) in [5.41, 5.74) is 0.844. The van der Waals surface area contributed by atoms with Crippen LogP contribution in [0.25, 0.3) is 0 Å². The Morgan fingerprint density at radius 2 is 2.33 bits per heavy atom. The van der Waals surface area contributed by atoms with E-state index in [-0.39, 0.29) is 5.82 Å². The SMILES string of the molecule is O=CCCCc1cncc(F)c1. The molecule has 1 aromatic rings. The third-order valence-electron chi connectivity index (χ3n) is 1.55. The molecule has 0 spiro atoms. The lowest BCUT2D eigenvalue weighted by atomic mass is 10.1. The van der Waals surface area contributed by atoms with Gasteiger partial charge in [-0.2, -0.15) is 0 Å². The van der Waals surface area contributed by atoms with Gasteiger partial charge in [0.2, 0.25) is 0 Å². The van der Waals surface area contributed by atoms with Crippen molar-refractivity contribution in [3.8, 4) is 0 Å². The van der Waals surface area contributed by atoms with Crippen LogP contribution in [0, 0.1) is 5.82 Å². The van der Waals surface area contributed by atoms with E-state index in [2.05, 4.69) is 4.98 Å². The maximum atomic E-state index is 12.5. The minimum Gasteiger partial charge on any atom is -0.303 e. The molecule has 0 saturated heterocycles. The zero-order valence-electron chi connectivity index (χ0n) is 6.66. The second-order valence-corrected chi connectivity index (χ2v) is 2.57. The minimum absolute atomic E-state index is 0.321. The Kier molecular flexibility index (Phi) is 3.38. The normalized spacial score (nSPS) is 9.75. The van der Waals surface area contributed by atoms with Crippen LogP contribution in [0.5, 0.6) is 0 Å². The lowest BCUT2D eigenvalue weighted by Gasteiger charge is -1.97. The first-order chi connectivity index (χ1) is 5.83. The number of carbonyl (C=O) groups excluding carboxylic acids is 1. The van der Waals surface area contributed by atoms with Crippen molar-refractivity contribution < 1.29 is 9.18 Å². The van der Waals surface area contributed by atoms with Crippen LogP contribution in [0.4, 0.5) is 4.39 Å². The first kappa shape index (κ1) is 8.84. The molecule has 3 heteroatoms. The van der Waals surface area contributed by atoms with E-state index in [1.54, 1.807) is 6.20 Å². The van der Waals surface area contributed by atoms with Crippen LogP contribution in [-0.4, -0.2) is 11.3 Å². The van der Waals surface area contributed by atoms with Gasteiger partial charge < -0.3 is 4.79 Å². The van der Waals surface area contributed by atoms with Crippen LogP contribution >= 0.6 is 0 Å². The van der Waals surface area contributed by atoms with E-state index in [1.165, 1.54) is 12.3 Å². The van der Waals surface area contributed by atoms with Crippen molar-refractivity contribution in [2.24, 2.45) is 0 Å². The summed E-state index contributed by atoms with van der Waals surface area (Å²) in [6.07, 6.45) is 5.65. The van der Waals surface area contributed by atoms with Crippen molar-refractivity contribution in [2.45, 2.75) is 19.3 Å². The van der Waals surface area contributed by atoms with Gasteiger partial charge in [0.1, 0.15) is 12.1 Å². The molecule has 0 amide bonds.